The van der Waals surface area contributed by atoms with Crippen molar-refractivity contribution < 1.29 is 26.7 Å². The van der Waals surface area contributed by atoms with Crippen LogP contribution in [0.1, 0.15) is 57.5 Å². The minimum atomic E-state index is -3.08. The number of hydrogen-bond acceptors (Lipinski definition) is 4. The maximum Gasteiger partial charge on any atom is 0.261 e. The molecule has 4 aromatic carbocycles. The van der Waals surface area contributed by atoms with Gasteiger partial charge >= 0.3 is 0 Å². The fourth-order valence-corrected chi connectivity index (χ4v) is 12.6. The van der Waals surface area contributed by atoms with E-state index in [2.05, 4.69) is 55.3 Å². The second-order valence-electron chi connectivity index (χ2n) is 15.4. The summed E-state index contributed by atoms with van der Waals surface area (Å²) in [5, 5.41) is 5.43. The molecular weight excluding hydrogens is 671 g/mol. The molecule has 2 aliphatic rings. The summed E-state index contributed by atoms with van der Waals surface area (Å²) in [6, 6.07) is 25.5. The van der Waals surface area contributed by atoms with E-state index in [4.69, 9.17) is 9.16 Å². The summed E-state index contributed by atoms with van der Waals surface area (Å²) in [5.41, 5.74) is -0.217. The number of aromatic nitrogens is 1. The van der Waals surface area contributed by atoms with Gasteiger partial charge in [0.05, 0.1) is 12.6 Å². The fourth-order valence-electron chi connectivity index (χ4n) is 7.96. The highest BCUT2D eigenvalue weighted by Gasteiger charge is 2.52. The van der Waals surface area contributed by atoms with Crippen molar-refractivity contribution in [3.63, 3.8) is 0 Å². The van der Waals surface area contributed by atoms with Gasteiger partial charge in [-0.15, -0.1) is 0 Å². The molecule has 0 radical (unpaired) electrons. The van der Waals surface area contributed by atoms with E-state index < -0.39 is 37.5 Å². The molecule has 0 spiro atoms. The largest absolute Gasteiger partial charge is 0.488 e. The van der Waals surface area contributed by atoms with Crippen molar-refractivity contribution >= 4 is 29.6 Å². The van der Waals surface area contributed by atoms with Crippen molar-refractivity contribution in [1.82, 2.24) is 15.2 Å². The normalized spacial score (nSPS) is 19.8. The quantitative estimate of drug-likeness (QED) is 0.116. The first-order valence-electron chi connectivity index (χ1n) is 17.6. The summed E-state index contributed by atoms with van der Waals surface area (Å²) in [5.74, 6) is -1.89. The molecule has 1 saturated heterocycles. The van der Waals surface area contributed by atoms with Crippen molar-refractivity contribution in [3.05, 3.63) is 125 Å². The number of rotatable bonds is 10. The number of H-pyrrole nitrogens is 1. The van der Waals surface area contributed by atoms with Crippen LogP contribution in [-0.4, -0.2) is 62.3 Å². The van der Waals surface area contributed by atoms with Crippen molar-refractivity contribution in [2.75, 3.05) is 26.2 Å². The summed E-state index contributed by atoms with van der Waals surface area (Å²) in [7, 11) is -3.08. The van der Waals surface area contributed by atoms with E-state index in [-0.39, 0.29) is 41.6 Å². The van der Waals surface area contributed by atoms with Gasteiger partial charge in [-0.05, 0) is 59.4 Å². The lowest BCUT2D eigenvalue weighted by Gasteiger charge is -2.46. The molecule has 7 rings (SSSR count). The Bertz CT molecular complexity index is 1950. The smallest absolute Gasteiger partial charge is 0.261 e. The lowest BCUT2D eigenvalue weighted by molar-refractivity contribution is 0.0207. The molecule has 0 amide bonds. The molecule has 0 bridgehead atoms. The third-order valence-corrected chi connectivity index (χ3v) is 15.4. The van der Waals surface area contributed by atoms with Crippen LogP contribution in [0, 0.1) is 17.5 Å². The number of halogens is 4. The van der Waals surface area contributed by atoms with Gasteiger partial charge in [-0.3, -0.25) is 4.90 Å². The van der Waals surface area contributed by atoms with Gasteiger partial charge in [0.15, 0.2) is 0 Å². The van der Waals surface area contributed by atoms with Crippen LogP contribution < -0.4 is 20.4 Å². The molecule has 51 heavy (non-hydrogen) atoms. The van der Waals surface area contributed by atoms with Crippen LogP contribution in [0.25, 0.3) is 10.9 Å². The minimum absolute atomic E-state index is 0.101. The zero-order chi connectivity index (χ0) is 36.1. The molecule has 5 nitrogen and oxygen atoms in total. The summed E-state index contributed by atoms with van der Waals surface area (Å²) in [6.07, 6.45) is 0.263. The maximum absolute atomic E-state index is 17.4. The molecule has 5 aromatic rings. The maximum atomic E-state index is 17.4. The Kier molecular flexibility index (Phi) is 9.41. The number of aromatic amines is 1. The van der Waals surface area contributed by atoms with E-state index in [1.54, 1.807) is 6.07 Å². The van der Waals surface area contributed by atoms with Crippen LogP contribution in [-0.2, 0) is 10.8 Å². The topological polar surface area (TPSA) is 49.5 Å². The van der Waals surface area contributed by atoms with Gasteiger partial charge in [-0.1, -0.05) is 81.4 Å². The van der Waals surface area contributed by atoms with Crippen molar-refractivity contribution in [1.29, 1.82) is 0 Å². The van der Waals surface area contributed by atoms with Crippen molar-refractivity contribution in [2.45, 2.75) is 69.9 Å². The van der Waals surface area contributed by atoms with Crippen LogP contribution in [0.5, 0.6) is 5.75 Å². The highest BCUT2D eigenvalue weighted by atomic mass is 28.4. The lowest BCUT2D eigenvalue weighted by Crippen LogP contribution is -2.67. The second kappa shape index (κ2) is 13.5. The molecule has 1 fully saturated rings. The van der Waals surface area contributed by atoms with Gasteiger partial charge in [0, 0.05) is 60.0 Å². The van der Waals surface area contributed by atoms with Crippen LogP contribution in [0.3, 0.4) is 0 Å². The van der Waals surface area contributed by atoms with E-state index in [0.717, 1.165) is 15.9 Å². The Morgan fingerprint density at radius 3 is 2.00 bits per heavy atom. The number of hydrogen-bond donors (Lipinski definition) is 2. The molecule has 10 heteroatoms. The van der Waals surface area contributed by atoms with Gasteiger partial charge in [0.25, 0.3) is 8.32 Å². The third-order valence-electron chi connectivity index (χ3n) is 10.5. The Morgan fingerprint density at radius 2 is 1.45 bits per heavy atom. The van der Waals surface area contributed by atoms with Crippen LogP contribution in [0.15, 0.2) is 91.0 Å². The average Bonchev–Trinajstić information content (AvgIpc) is 3.41. The Balaban J connectivity index is 1.28. The predicted molar refractivity (Wildman–Crippen MR) is 197 cm³/mol. The highest BCUT2D eigenvalue weighted by molar-refractivity contribution is 6.99. The number of alkyl halides is 1. The SMILES string of the molecule is CC1Cc2c([nH]c3ccc(F)cc23)C(c2c(F)cc(OC3CNC3)cc2F)N1CC(C)(F)CO[Si](c1ccccc1)(c1ccccc1)C(C)(C)C. The first-order chi connectivity index (χ1) is 24.3. The zero-order valence-electron chi connectivity index (χ0n) is 29.7. The molecule has 3 unspecified atom stereocenters. The van der Waals surface area contributed by atoms with Gasteiger partial charge in [0.1, 0.15) is 35.0 Å². The number of nitrogens with zero attached hydrogens (tertiary/aromatic N) is 1. The molecule has 2 aliphatic heterocycles. The first kappa shape index (κ1) is 35.4. The van der Waals surface area contributed by atoms with Gasteiger partial charge in [0.2, 0.25) is 0 Å². The van der Waals surface area contributed by atoms with Crippen LogP contribution >= 0.6 is 0 Å². The molecule has 268 valence electrons. The van der Waals surface area contributed by atoms with E-state index in [0.29, 0.717) is 36.1 Å². The molecular formula is C41H45F4N3O2Si. The first-order valence-corrected chi connectivity index (χ1v) is 19.5. The third kappa shape index (κ3) is 6.63. The van der Waals surface area contributed by atoms with E-state index in [1.807, 2.05) is 48.2 Å². The molecule has 0 saturated carbocycles. The van der Waals surface area contributed by atoms with Gasteiger partial charge < -0.3 is 19.5 Å². The summed E-state index contributed by atoms with van der Waals surface area (Å²) in [4.78, 5) is 5.16. The lowest BCUT2D eigenvalue weighted by atomic mass is 9.87. The molecule has 3 atom stereocenters. The number of fused-ring (bicyclic) bond motifs is 3. The number of ether oxygens (including phenoxy) is 1. The van der Waals surface area contributed by atoms with Crippen molar-refractivity contribution in [3.8, 4) is 5.75 Å². The fraction of sp³-hybridized carbons (Fsp3) is 0.366. The summed E-state index contributed by atoms with van der Waals surface area (Å²) < 4.78 is 77.2. The van der Waals surface area contributed by atoms with Gasteiger partial charge in [-0.2, -0.15) is 0 Å². The average molecular weight is 716 g/mol. The molecule has 1 aromatic heterocycles. The predicted octanol–water partition coefficient (Wildman–Crippen LogP) is 7.58. The molecule has 3 heterocycles. The minimum Gasteiger partial charge on any atom is -0.488 e. The summed E-state index contributed by atoms with van der Waals surface area (Å²) >= 11 is 0. The Morgan fingerprint density at radius 1 is 0.843 bits per heavy atom. The summed E-state index contributed by atoms with van der Waals surface area (Å²) in [6.45, 7) is 10.6. The highest BCUT2D eigenvalue weighted by Crippen LogP contribution is 2.45. The molecule has 2 N–H and O–H groups in total. The number of nitrogens with one attached hydrogen (secondary N) is 2. The monoisotopic (exact) mass is 715 g/mol. The van der Waals surface area contributed by atoms with Crippen molar-refractivity contribution in [2.24, 2.45) is 0 Å². The van der Waals surface area contributed by atoms with E-state index in [9.17, 15) is 4.39 Å². The van der Waals surface area contributed by atoms with E-state index >= 15 is 13.2 Å². The van der Waals surface area contributed by atoms with Crippen LogP contribution in [0.2, 0.25) is 5.04 Å². The van der Waals surface area contributed by atoms with E-state index in [1.165, 1.54) is 31.2 Å². The molecule has 0 aliphatic carbocycles. The Labute approximate surface area is 298 Å². The van der Waals surface area contributed by atoms with Crippen LogP contribution in [0.4, 0.5) is 17.6 Å². The zero-order valence-corrected chi connectivity index (χ0v) is 30.7. The standard InChI is InChI=1S/C41H45F4N3O2Si/c1-26-18-33-32-19-27(42)16-17-36(32)47-38(33)39(37-34(43)20-28(21-35(37)44)50-29-22-46-23-29)48(26)24-41(5,45)25-49-51(40(2,3)4,30-12-8-6-9-13-30)31-14-10-7-11-15-31/h6-17,19-21,26,29,39,46-47H,18,22-25H2,1-5H3. The van der Waals surface area contributed by atoms with Gasteiger partial charge in [-0.25, -0.2) is 17.6 Å². The number of benzene rings is 4. The Hall–Kier alpha value is -3.96. The second-order valence-corrected chi connectivity index (χ2v) is 19.7.